The van der Waals surface area contributed by atoms with Gasteiger partial charge in [0.2, 0.25) is 0 Å². The van der Waals surface area contributed by atoms with E-state index < -0.39 is 11.8 Å². The van der Waals surface area contributed by atoms with Crippen LogP contribution in [0.25, 0.3) is 0 Å². The number of carboxylic acids is 1. The van der Waals surface area contributed by atoms with Crippen molar-refractivity contribution in [2.24, 2.45) is 0 Å². The SMILES string of the molecule is [13CH3]CC(=O)C(=O)[O-].[Na+]. The first kappa shape index (κ1) is 11.0. The molecule has 4 heteroatoms. The molecule has 0 aromatic carbocycles. The summed E-state index contributed by atoms with van der Waals surface area (Å²) in [5, 5.41) is 9.47. The number of hydrogen-bond acceptors (Lipinski definition) is 3. The Morgan fingerprint density at radius 3 is 1.88 bits per heavy atom. The summed E-state index contributed by atoms with van der Waals surface area (Å²) in [6.07, 6.45) is 0.0162. The first-order chi connectivity index (χ1) is 3.18. The van der Waals surface area contributed by atoms with Crippen LogP contribution in [0.15, 0.2) is 0 Å². The maximum atomic E-state index is 9.85. The Morgan fingerprint density at radius 1 is 1.50 bits per heavy atom. The van der Waals surface area contributed by atoms with Gasteiger partial charge in [-0.3, -0.25) is 4.79 Å². The van der Waals surface area contributed by atoms with Crippen molar-refractivity contribution in [1.82, 2.24) is 0 Å². The molecule has 0 saturated carbocycles. The molecule has 40 valence electrons. The van der Waals surface area contributed by atoms with E-state index in [1.807, 2.05) is 0 Å². The Morgan fingerprint density at radius 2 is 1.88 bits per heavy atom. The van der Waals surface area contributed by atoms with Crippen molar-refractivity contribution in [2.45, 2.75) is 13.3 Å². The van der Waals surface area contributed by atoms with Gasteiger partial charge in [-0.05, 0) is 0 Å². The summed E-state index contributed by atoms with van der Waals surface area (Å²) in [5.74, 6) is -2.44. The molecule has 0 rings (SSSR count). The number of Topliss-reactive ketones (excluding diaryl/α,β-unsaturated/α-hetero) is 1. The molecule has 8 heavy (non-hydrogen) atoms. The van der Waals surface area contributed by atoms with E-state index in [2.05, 4.69) is 0 Å². The Kier molecular flexibility index (Phi) is 7.26. The number of aliphatic carboxylic acids is 1. The molecule has 0 saturated heterocycles. The van der Waals surface area contributed by atoms with Crippen LogP contribution >= 0.6 is 0 Å². The monoisotopic (exact) mass is 125 g/mol. The van der Waals surface area contributed by atoms with Gasteiger partial charge in [0.15, 0.2) is 5.78 Å². The van der Waals surface area contributed by atoms with Crippen molar-refractivity contribution in [2.75, 3.05) is 0 Å². The van der Waals surface area contributed by atoms with Gasteiger partial charge in [-0.25, -0.2) is 0 Å². The minimum absolute atomic E-state index is 0. The van der Waals surface area contributed by atoms with Gasteiger partial charge < -0.3 is 9.90 Å². The first-order valence-electron chi connectivity index (χ1n) is 1.92. The summed E-state index contributed by atoms with van der Waals surface area (Å²) in [7, 11) is 0. The predicted octanol–water partition coefficient (Wildman–Crippen LogP) is -4.28. The van der Waals surface area contributed by atoms with Crippen LogP contribution in [-0.4, -0.2) is 11.8 Å². The molecule has 0 aromatic heterocycles. The molecular weight excluding hydrogens is 120 g/mol. The number of carboxylic acid groups (broad SMARTS) is 1. The minimum atomic E-state index is -1.59. The fourth-order valence-corrected chi connectivity index (χ4v) is 0.144. The molecule has 0 fully saturated rings. The van der Waals surface area contributed by atoms with Crippen molar-refractivity contribution in [3.05, 3.63) is 0 Å². The van der Waals surface area contributed by atoms with Crippen molar-refractivity contribution >= 4 is 11.8 Å². The Labute approximate surface area is 69.4 Å². The zero-order chi connectivity index (χ0) is 5.86. The summed E-state index contributed by atoms with van der Waals surface area (Å²) in [6, 6.07) is 0. The number of rotatable bonds is 2. The second kappa shape index (κ2) is 5.28. The smallest absolute Gasteiger partial charge is 0.542 e. The third-order valence-electron chi connectivity index (χ3n) is 0.549. The van der Waals surface area contributed by atoms with Crippen molar-refractivity contribution in [3.8, 4) is 0 Å². The van der Waals surface area contributed by atoms with Gasteiger partial charge in [0.25, 0.3) is 0 Å². The molecule has 0 aromatic rings. The topological polar surface area (TPSA) is 57.2 Å². The molecule has 0 bridgehead atoms. The zero-order valence-corrected chi connectivity index (χ0v) is 6.93. The van der Waals surface area contributed by atoms with Gasteiger partial charge in [-0.2, -0.15) is 0 Å². The standard InChI is InChI=1S/C4H6O3.Na/c1-2-3(5)4(6)7;/h2H2,1H3,(H,6,7);/q;+1/p-1/i1+1;. The van der Waals surface area contributed by atoms with Crippen molar-refractivity contribution in [1.29, 1.82) is 0 Å². The number of ketones is 1. The fourth-order valence-electron chi connectivity index (χ4n) is 0.144. The average Bonchev–Trinajstić information content (AvgIpc) is 1.65. The Bertz CT molecular complexity index is 99.5. The molecule has 0 heterocycles. The van der Waals surface area contributed by atoms with E-state index in [1.54, 1.807) is 0 Å². The largest absolute Gasteiger partial charge is 1.00 e. The molecule has 0 aliphatic rings. The van der Waals surface area contributed by atoms with E-state index in [-0.39, 0.29) is 36.0 Å². The van der Waals surface area contributed by atoms with E-state index >= 15 is 0 Å². The van der Waals surface area contributed by atoms with Crippen molar-refractivity contribution in [3.63, 3.8) is 0 Å². The van der Waals surface area contributed by atoms with Crippen LogP contribution in [0.2, 0.25) is 0 Å². The molecular formula is C4H5NaO3. The second-order valence-corrected chi connectivity index (χ2v) is 1.06. The molecule has 0 N–H and O–H groups in total. The molecule has 3 nitrogen and oxygen atoms in total. The van der Waals surface area contributed by atoms with Crippen LogP contribution in [0, 0.1) is 0 Å². The molecule has 0 amide bonds. The number of carbonyl (C=O) groups excluding carboxylic acids is 2. The zero-order valence-electron chi connectivity index (χ0n) is 4.93. The molecule has 0 aliphatic heterocycles. The van der Waals surface area contributed by atoms with Crippen LogP contribution < -0.4 is 34.7 Å². The van der Waals surface area contributed by atoms with Crippen LogP contribution in [0.5, 0.6) is 0 Å². The molecule has 0 radical (unpaired) electrons. The van der Waals surface area contributed by atoms with E-state index in [9.17, 15) is 14.7 Å². The van der Waals surface area contributed by atoms with E-state index in [4.69, 9.17) is 0 Å². The maximum absolute atomic E-state index is 9.85. The normalized spacial score (nSPS) is 7.12. The number of hydrogen-bond donors (Lipinski definition) is 0. The van der Waals surface area contributed by atoms with E-state index in [1.165, 1.54) is 6.92 Å². The molecule has 0 spiro atoms. The second-order valence-electron chi connectivity index (χ2n) is 1.06. The van der Waals surface area contributed by atoms with Gasteiger partial charge in [0.05, 0.1) is 0 Å². The van der Waals surface area contributed by atoms with Gasteiger partial charge in [0.1, 0.15) is 5.97 Å². The third kappa shape index (κ3) is 4.30. The minimum Gasteiger partial charge on any atom is -0.542 e. The van der Waals surface area contributed by atoms with E-state index in [0.29, 0.717) is 0 Å². The van der Waals surface area contributed by atoms with Gasteiger partial charge in [-0.1, -0.05) is 6.92 Å². The Hall–Kier alpha value is 0.140. The summed E-state index contributed by atoms with van der Waals surface area (Å²) >= 11 is 0. The van der Waals surface area contributed by atoms with Gasteiger partial charge in [-0.15, -0.1) is 0 Å². The average molecular weight is 125 g/mol. The Balaban J connectivity index is 0. The summed E-state index contributed by atoms with van der Waals surface area (Å²) in [6.45, 7) is 1.47. The van der Waals surface area contributed by atoms with Gasteiger partial charge >= 0.3 is 29.6 Å². The third-order valence-corrected chi connectivity index (χ3v) is 0.549. The van der Waals surface area contributed by atoms with Crippen LogP contribution in [0.4, 0.5) is 0 Å². The molecule has 0 atom stereocenters. The fraction of sp³-hybridized carbons (Fsp3) is 0.500. The molecule has 0 aliphatic carbocycles. The predicted molar refractivity (Wildman–Crippen MR) is 20.3 cm³/mol. The number of carbonyl (C=O) groups is 2. The quantitative estimate of drug-likeness (QED) is 0.213. The van der Waals surface area contributed by atoms with Crippen LogP contribution in [0.3, 0.4) is 0 Å². The van der Waals surface area contributed by atoms with Gasteiger partial charge in [0, 0.05) is 6.42 Å². The summed E-state index contributed by atoms with van der Waals surface area (Å²) in [4.78, 5) is 19.3. The maximum Gasteiger partial charge on any atom is 1.00 e. The van der Waals surface area contributed by atoms with Crippen molar-refractivity contribution < 1.29 is 44.3 Å². The summed E-state index contributed by atoms with van der Waals surface area (Å²) in [5.41, 5.74) is 0. The van der Waals surface area contributed by atoms with Crippen LogP contribution in [-0.2, 0) is 9.59 Å². The first-order valence-corrected chi connectivity index (χ1v) is 1.92. The van der Waals surface area contributed by atoms with Crippen LogP contribution in [0.1, 0.15) is 13.3 Å². The summed E-state index contributed by atoms with van der Waals surface area (Å²) < 4.78 is 0. The van der Waals surface area contributed by atoms with E-state index in [0.717, 1.165) is 0 Å². The molecule has 0 unspecified atom stereocenters.